The Morgan fingerprint density at radius 3 is 2.41 bits per heavy atom. The number of allylic oxidation sites excluding steroid dienone is 2. The molecule has 0 spiro atoms. The van der Waals surface area contributed by atoms with Crippen molar-refractivity contribution in [3.8, 4) is 0 Å². The van der Waals surface area contributed by atoms with Crippen molar-refractivity contribution in [3.63, 3.8) is 0 Å². The Kier molecular flexibility index (Phi) is 4.94. The molecule has 0 aliphatic heterocycles. The topological polar surface area (TPSA) is 34.9 Å². The van der Waals surface area contributed by atoms with E-state index in [1.54, 1.807) is 10.8 Å². The predicted molar refractivity (Wildman–Crippen MR) is 70.3 cm³/mol. The molecule has 0 aliphatic carbocycles. The highest BCUT2D eigenvalue weighted by Crippen LogP contribution is 2.20. The lowest BCUT2D eigenvalue weighted by molar-refractivity contribution is -0.114. The van der Waals surface area contributed by atoms with E-state index in [2.05, 4.69) is 18.9 Å². The van der Waals surface area contributed by atoms with E-state index in [1.165, 1.54) is 5.57 Å². The van der Waals surface area contributed by atoms with Crippen LogP contribution >= 0.6 is 11.6 Å². The van der Waals surface area contributed by atoms with E-state index in [4.69, 9.17) is 11.6 Å². The summed E-state index contributed by atoms with van der Waals surface area (Å²) >= 11 is 6.11. The van der Waals surface area contributed by atoms with Gasteiger partial charge in [0.2, 0.25) is 0 Å². The number of hydrogen-bond donors (Lipinski definition) is 0. The number of ketones is 1. The molecule has 1 rings (SSSR count). The van der Waals surface area contributed by atoms with Crippen molar-refractivity contribution in [2.24, 2.45) is 7.05 Å². The van der Waals surface area contributed by atoms with E-state index in [0.717, 1.165) is 24.2 Å². The van der Waals surface area contributed by atoms with Gasteiger partial charge in [-0.15, -0.1) is 0 Å². The van der Waals surface area contributed by atoms with Gasteiger partial charge in [0.05, 0.1) is 22.8 Å². The van der Waals surface area contributed by atoms with Crippen LogP contribution in [0.3, 0.4) is 0 Å². The van der Waals surface area contributed by atoms with Gasteiger partial charge in [0, 0.05) is 7.05 Å². The van der Waals surface area contributed by atoms with Crippen molar-refractivity contribution >= 4 is 17.4 Å². The molecule has 0 saturated heterocycles. The number of halogens is 1. The third kappa shape index (κ3) is 3.43. The van der Waals surface area contributed by atoms with Crippen LogP contribution in [0.2, 0.25) is 5.02 Å². The fraction of sp³-hybridized carbons (Fsp3) is 0.538. The van der Waals surface area contributed by atoms with Crippen LogP contribution in [0.1, 0.15) is 38.1 Å². The van der Waals surface area contributed by atoms with Gasteiger partial charge in [-0.3, -0.25) is 9.48 Å². The van der Waals surface area contributed by atoms with Gasteiger partial charge in [-0.2, -0.15) is 5.10 Å². The van der Waals surface area contributed by atoms with Gasteiger partial charge >= 0.3 is 0 Å². The summed E-state index contributed by atoms with van der Waals surface area (Å²) in [6, 6.07) is 0. The number of carbonyl (C=O) groups is 1. The predicted octanol–water partition coefficient (Wildman–Crippen LogP) is 3.24. The average Bonchev–Trinajstić information content (AvgIpc) is 2.53. The summed E-state index contributed by atoms with van der Waals surface area (Å²) in [5.41, 5.74) is 2.73. The van der Waals surface area contributed by atoms with Crippen LogP contribution < -0.4 is 0 Å². The molecule has 3 nitrogen and oxygen atoms in total. The quantitative estimate of drug-likeness (QED) is 0.756. The van der Waals surface area contributed by atoms with E-state index >= 15 is 0 Å². The van der Waals surface area contributed by atoms with Crippen LogP contribution in [-0.2, 0) is 18.3 Å². The highest BCUT2D eigenvalue weighted by atomic mass is 35.5. The second-order valence-electron chi connectivity index (χ2n) is 4.12. The minimum atomic E-state index is 0.0913. The van der Waals surface area contributed by atoms with Gasteiger partial charge < -0.3 is 0 Å². The van der Waals surface area contributed by atoms with E-state index < -0.39 is 0 Å². The second-order valence-corrected chi connectivity index (χ2v) is 4.50. The van der Waals surface area contributed by atoms with Crippen LogP contribution in [-0.4, -0.2) is 15.6 Å². The van der Waals surface area contributed by atoms with E-state index in [1.807, 2.05) is 14.0 Å². The van der Waals surface area contributed by atoms with Crippen LogP contribution in [0.4, 0.5) is 0 Å². The van der Waals surface area contributed by atoms with Crippen molar-refractivity contribution < 1.29 is 4.79 Å². The second kappa shape index (κ2) is 6.01. The Bertz CT molecular complexity index is 441. The number of hydrogen-bond acceptors (Lipinski definition) is 2. The van der Waals surface area contributed by atoms with Gasteiger partial charge in [0.25, 0.3) is 0 Å². The third-order valence-corrected chi connectivity index (χ3v) is 3.37. The van der Waals surface area contributed by atoms with Crippen LogP contribution in [0.25, 0.3) is 0 Å². The molecule has 0 aliphatic rings. The molecule has 0 saturated carbocycles. The van der Waals surface area contributed by atoms with E-state index in [9.17, 15) is 4.79 Å². The number of nitrogens with zero attached hydrogens (tertiary/aromatic N) is 2. The van der Waals surface area contributed by atoms with E-state index in [0.29, 0.717) is 11.4 Å². The minimum Gasteiger partial charge on any atom is -0.294 e. The summed E-state index contributed by atoms with van der Waals surface area (Å²) in [7, 11) is 1.81. The normalized spacial score (nSPS) is 10.4. The Balaban J connectivity index is 2.85. The van der Waals surface area contributed by atoms with Gasteiger partial charge in [0.15, 0.2) is 5.78 Å². The lowest BCUT2D eigenvalue weighted by atomic mass is 10.1. The molecule has 0 N–H and O–H groups in total. The fourth-order valence-corrected chi connectivity index (χ4v) is 2.00. The molecule has 0 radical (unpaired) electrons. The van der Waals surface area contributed by atoms with Crippen molar-refractivity contribution in [2.75, 3.05) is 0 Å². The summed E-state index contributed by atoms with van der Waals surface area (Å²) < 4.78 is 1.68. The minimum absolute atomic E-state index is 0.0913. The molecular weight excluding hydrogens is 236 g/mol. The van der Waals surface area contributed by atoms with Gasteiger partial charge in [0.1, 0.15) is 0 Å². The molecule has 0 fully saturated rings. The standard InChI is InChI=1S/C13H19ClN2O/c1-5-10(6-2)7-11(17)8-12-13(14)9(3)15-16(12)4/h7H,5-6,8H2,1-4H3. The molecule has 0 unspecified atom stereocenters. The smallest absolute Gasteiger partial charge is 0.161 e. The van der Waals surface area contributed by atoms with Crippen molar-refractivity contribution in [2.45, 2.75) is 40.0 Å². The first-order valence-corrected chi connectivity index (χ1v) is 6.27. The molecule has 0 amide bonds. The largest absolute Gasteiger partial charge is 0.294 e. The lowest BCUT2D eigenvalue weighted by Crippen LogP contribution is -2.06. The molecule has 1 aromatic heterocycles. The zero-order chi connectivity index (χ0) is 13.0. The maximum absolute atomic E-state index is 11.9. The summed E-state index contributed by atoms with van der Waals surface area (Å²) in [5.74, 6) is 0.0913. The molecule has 94 valence electrons. The summed E-state index contributed by atoms with van der Waals surface area (Å²) in [5, 5.41) is 4.80. The summed E-state index contributed by atoms with van der Waals surface area (Å²) in [6.07, 6.45) is 3.89. The van der Waals surface area contributed by atoms with Crippen molar-refractivity contribution in [1.82, 2.24) is 9.78 Å². The van der Waals surface area contributed by atoms with Crippen LogP contribution in [0.5, 0.6) is 0 Å². The zero-order valence-corrected chi connectivity index (χ0v) is 11.6. The average molecular weight is 255 g/mol. The summed E-state index contributed by atoms with van der Waals surface area (Å²) in [4.78, 5) is 11.9. The van der Waals surface area contributed by atoms with Gasteiger partial charge in [-0.25, -0.2) is 0 Å². The maximum Gasteiger partial charge on any atom is 0.161 e. The molecule has 1 aromatic rings. The lowest BCUT2D eigenvalue weighted by Gasteiger charge is -2.02. The number of rotatable bonds is 5. The monoisotopic (exact) mass is 254 g/mol. The molecule has 0 atom stereocenters. The SMILES string of the molecule is CCC(=CC(=O)Cc1c(Cl)c(C)nn1C)CC. The Morgan fingerprint density at radius 2 is 2.00 bits per heavy atom. The molecule has 0 aromatic carbocycles. The molecule has 17 heavy (non-hydrogen) atoms. The molecular formula is C13H19ClN2O. The van der Waals surface area contributed by atoms with Crippen molar-refractivity contribution in [3.05, 3.63) is 28.1 Å². The first kappa shape index (κ1) is 14.0. The van der Waals surface area contributed by atoms with Crippen molar-refractivity contribution in [1.29, 1.82) is 0 Å². The maximum atomic E-state index is 11.9. The fourth-order valence-electron chi connectivity index (χ4n) is 1.77. The first-order chi connectivity index (χ1) is 7.99. The summed E-state index contributed by atoms with van der Waals surface area (Å²) in [6.45, 7) is 5.96. The van der Waals surface area contributed by atoms with Gasteiger partial charge in [-0.1, -0.05) is 31.0 Å². The van der Waals surface area contributed by atoms with E-state index in [-0.39, 0.29) is 5.78 Å². The Hall–Kier alpha value is -1.09. The van der Waals surface area contributed by atoms with Crippen LogP contribution in [0.15, 0.2) is 11.6 Å². The highest BCUT2D eigenvalue weighted by Gasteiger charge is 2.13. The molecule has 1 heterocycles. The number of carbonyl (C=O) groups excluding carboxylic acids is 1. The zero-order valence-electron chi connectivity index (χ0n) is 10.9. The molecule has 0 bridgehead atoms. The highest BCUT2D eigenvalue weighted by molar-refractivity contribution is 6.32. The third-order valence-electron chi connectivity index (χ3n) is 2.88. The Morgan fingerprint density at radius 1 is 1.41 bits per heavy atom. The molecule has 4 heteroatoms. The number of aryl methyl sites for hydroxylation is 2. The number of aromatic nitrogens is 2. The Labute approximate surface area is 107 Å². The van der Waals surface area contributed by atoms with Gasteiger partial charge in [-0.05, 0) is 25.8 Å². The van der Waals surface area contributed by atoms with Crippen LogP contribution in [0, 0.1) is 6.92 Å². The first-order valence-electron chi connectivity index (χ1n) is 5.89.